The number of oxime groups is 1. The summed E-state index contributed by atoms with van der Waals surface area (Å²) in [6.45, 7) is 2.85. The van der Waals surface area contributed by atoms with Crippen LogP contribution in [0.15, 0.2) is 17.4 Å². The highest BCUT2D eigenvalue weighted by Crippen LogP contribution is 2.30. The molecule has 1 aromatic rings. The Morgan fingerprint density at radius 1 is 1.70 bits per heavy atom. The lowest BCUT2D eigenvalue weighted by Crippen LogP contribution is -2.50. The van der Waals surface area contributed by atoms with Crippen molar-refractivity contribution in [1.82, 2.24) is 4.98 Å². The van der Waals surface area contributed by atoms with E-state index in [1.807, 2.05) is 11.8 Å². The zero-order chi connectivity index (χ0) is 14.7. The number of aromatic nitrogens is 1. The highest BCUT2D eigenvalue weighted by atomic mass is 35.5. The molecule has 0 aromatic carbocycles. The first kappa shape index (κ1) is 14.8. The number of morpholine rings is 1. The first-order chi connectivity index (χ1) is 9.58. The molecule has 4 N–H and O–H groups in total. The summed E-state index contributed by atoms with van der Waals surface area (Å²) >= 11 is 6.29. The molecule has 2 rings (SSSR count). The average molecular weight is 301 g/mol. The molecule has 8 heteroatoms. The fraction of sp³-hybridized carbons (Fsp3) is 0.500. The van der Waals surface area contributed by atoms with Crippen LogP contribution in [0.25, 0.3) is 0 Å². The SMILES string of the molecule is CC1COC(CO)CN1c1nccc(/C(N)=N/O)c1Cl. The number of pyridine rings is 1. The summed E-state index contributed by atoms with van der Waals surface area (Å²) in [5, 5.41) is 21.2. The van der Waals surface area contributed by atoms with Gasteiger partial charge in [-0.3, -0.25) is 0 Å². The first-order valence-corrected chi connectivity index (χ1v) is 6.57. The van der Waals surface area contributed by atoms with Crippen LogP contribution in [0.3, 0.4) is 0 Å². The van der Waals surface area contributed by atoms with Crippen LogP contribution in [-0.2, 0) is 4.74 Å². The second-order valence-corrected chi connectivity index (χ2v) is 5.00. The third-order valence-electron chi connectivity index (χ3n) is 3.24. The minimum atomic E-state index is -0.281. The van der Waals surface area contributed by atoms with E-state index in [0.29, 0.717) is 29.6 Å². The maximum absolute atomic E-state index is 9.21. The highest BCUT2D eigenvalue weighted by molar-refractivity contribution is 6.36. The molecule has 1 aliphatic rings. The summed E-state index contributed by atoms with van der Waals surface area (Å²) in [4.78, 5) is 6.21. The van der Waals surface area contributed by atoms with Gasteiger partial charge in [0.2, 0.25) is 0 Å². The Morgan fingerprint density at radius 2 is 2.45 bits per heavy atom. The van der Waals surface area contributed by atoms with Crippen LogP contribution in [0.5, 0.6) is 0 Å². The van der Waals surface area contributed by atoms with E-state index in [4.69, 9.17) is 27.3 Å². The molecule has 1 fully saturated rings. The Morgan fingerprint density at radius 3 is 3.10 bits per heavy atom. The van der Waals surface area contributed by atoms with Gasteiger partial charge in [0.05, 0.1) is 30.4 Å². The molecule has 0 spiro atoms. The fourth-order valence-electron chi connectivity index (χ4n) is 2.11. The monoisotopic (exact) mass is 300 g/mol. The lowest BCUT2D eigenvalue weighted by atomic mass is 10.1. The van der Waals surface area contributed by atoms with Gasteiger partial charge >= 0.3 is 0 Å². The number of hydrogen-bond acceptors (Lipinski definition) is 6. The van der Waals surface area contributed by atoms with E-state index in [2.05, 4.69) is 10.1 Å². The van der Waals surface area contributed by atoms with E-state index in [9.17, 15) is 5.11 Å². The lowest BCUT2D eigenvalue weighted by molar-refractivity contribution is -0.0105. The van der Waals surface area contributed by atoms with E-state index in [1.165, 1.54) is 0 Å². The number of ether oxygens (including phenoxy) is 1. The van der Waals surface area contributed by atoms with Gasteiger partial charge in [0.25, 0.3) is 0 Å². The minimum absolute atomic E-state index is 0.0605. The number of halogens is 1. The Labute approximate surface area is 121 Å². The molecule has 2 atom stereocenters. The molecule has 0 saturated carbocycles. The van der Waals surface area contributed by atoms with Gasteiger partial charge < -0.3 is 25.7 Å². The van der Waals surface area contributed by atoms with Crippen LogP contribution < -0.4 is 10.6 Å². The molecule has 1 saturated heterocycles. The second kappa shape index (κ2) is 6.25. The average Bonchev–Trinajstić information content (AvgIpc) is 2.47. The van der Waals surface area contributed by atoms with Crippen molar-refractivity contribution in [3.63, 3.8) is 0 Å². The fourth-order valence-corrected chi connectivity index (χ4v) is 2.42. The van der Waals surface area contributed by atoms with Crippen molar-refractivity contribution in [1.29, 1.82) is 0 Å². The van der Waals surface area contributed by atoms with Gasteiger partial charge in [0.15, 0.2) is 5.84 Å². The smallest absolute Gasteiger partial charge is 0.171 e. The summed E-state index contributed by atoms with van der Waals surface area (Å²) in [7, 11) is 0. The van der Waals surface area contributed by atoms with Crippen molar-refractivity contribution < 1.29 is 15.1 Å². The van der Waals surface area contributed by atoms with Crippen molar-refractivity contribution >= 4 is 23.3 Å². The van der Waals surface area contributed by atoms with Crippen LogP contribution in [0.2, 0.25) is 5.02 Å². The third-order valence-corrected chi connectivity index (χ3v) is 3.61. The van der Waals surface area contributed by atoms with Gasteiger partial charge in [-0.1, -0.05) is 16.8 Å². The van der Waals surface area contributed by atoms with E-state index < -0.39 is 0 Å². The number of hydrogen-bond donors (Lipinski definition) is 3. The van der Waals surface area contributed by atoms with Crippen LogP contribution in [-0.4, -0.2) is 53.0 Å². The molecular weight excluding hydrogens is 284 g/mol. The number of aliphatic hydroxyl groups excluding tert-OH is 1. The standard InChI is InChI=1S/C12H17ClN4O3/c1-7-6-20-8(5-18)4-17(7)12-10(13)9(2-3-15-12)11(14)16-19/h2-3,7-8,18-19H,4-6H2,1H3,(H2,14,16). The second-order valence-electron chi connectivity index (χ2n) is 4.62. The van der Waals surface area contributed by atoms with Crippen molar-refractivity contribution in [2.24, 2.45) is 10.9 Å². The Balaban J connectivity index is 2.36. The molecule has 2 heterocycles. The van der Waals surface area contributed by atoms with E-state index in [1.54, 1.807) is 12.3 Å². The molecule has 1 aromatic heterocycles. The number of amidine groups is 1. The van der Waals surface area contributed by atoms with Gasteiger partial charge in [-0.25, -0.2) is 4.98 Å². The quantitative estimate of drug-likeness (QED) is 0.323. The maximum Gasteiger partial charge on any atom is 0.171 e. The molecule has 7 nitrogen and oxygen atoms in total. The first-order valence-electron chi connectivity index (χ1n) is 6.20. The third kappa shape index (κ3) is 2.79. The summed E-state index contributed by atoms with van der Waals surface area (Å²) in [6, 6.07) is 1.64. The molecule has 0 aliphatic carbocycles. The molecule has 20 heavy (non-hydrogen) atoms. The Kier molecular flexibility index (Phi) is 4.64. The van der Waals surface area contributed by atoms with E-state index in [0.717, 1.165) is 0 Å². The van der Waals surface area contributed by atoms with Crippen LogP contribution in [0, 0.1) is 0 Å². The molecule has 0 amide bonds. The van der Waals surface area contributed by atoms with Crippen molar-refractivity contribution in [3.05, 3.63) is 22.8 Å². The summed E-state index contributed by atoms with van der Waals surface area (Å²) in [5.74, 6) is 0.461. The molecule has 1 aliphatic heterocycles. The highest BCUT2D eigenvalue weighted by Gasteiger charge is 2.28. The molecular formula is C12H17ClN4O3. The number of aliphatic hydroxyl groups is 1. The van der Waals surface area contributed by atoms with Crippen LogP contribution >= 0.6 is 11.6 Å². The molecule has 110 valence electrons. The Bertz CT molecular complexity index is 511. The number of nitrogens with two attached hydrogens (primary N) is 1. The zero-order valence-electron chi connectivity index (χ0n) is 11.0. The number of anilines is 1. The van der Waals surface area contributed by atoms with Crippen molar-refractivity contribution in [2.75, 3.05) is 24.7 Å². The van der Waals surface area contributed by atoms with Crippen molar-refractivity contribution in [2.45, 2.75) is 19.1 Å². The Hall–Kier alpha value is -1.57. The summed E-state index contributed by atoms with van der Waals surface area (Å²) in [5.41, 5.74) is 6.00. The molecule has 0 radical (unpaired) electrons. The number of nitrogens with zero attached hydrogens (tertiary/aromatic N) is 3. The van der Waals surface area contributed by atoms with Gasteiger partial charge in [-0.2, -0.15) is 0 Å². The van der Waals surface area contributed by atoms with Gasteiger partial charge in [-0.15, -0.1) is 0 Å². The topological polar surface area (TPSA) is 104 Å². The molecule has 2 unspecified atom stereocenters. The van der Waals surface area contributed by atoms with Crippen molar-refractivity contribution in [3.8, 4) is 0 Å². The van der Waals surface area contributed by atoms with E-state index >= 15 is 0 Å². The van der Waals surface area contributed by atoms with Gasteiger partial charge in [0, 0.05) is 18.3 Å². The number of rotatable bonds is 3. The van der Waals surface area contributed by atoms with E-state index in [-0.39, 0.29) is 24.6 Å². The van der Waals surface area contributed by atoms with Crippen LogP contribution in [0.1, 0.15) is 12.5 Å². The zero-order valence-corrected chi connectivity index (χ0v) is 11.8. The largest absolute Gasteiger partial charge is 0.409 e. The van der Waals surface area contributed by atoms with Gasteiger partial charge in [-0.05, 0) is 13.0 Å². The lowest BCUT2D eigenvalue weighted by Gasteiger charge is -2.38. The summed E-state index contributed by atoms with van der Waals surface area (Å²) < 4.78 is 5.48. The minimum Gasteiger partial charge on any atom is -0.409 e. The summed E-state index contributed by atoms with van der Waals surface area (Å²) in [6.07, 6.45) is 1.27. The predicted molar refractivity (Wildman–Crippen MR) is 75.4 cm³/mol. The van der Waals surface area contributed by atoms with Gasteiger partial charge in [0.1, 0.15) is 5.82 Å². The predicted octanol–water partition coefficient (Wildman–Crippen LogP) is 0.415. The molecule has 0 bridgehead atoms. The van der Waals surface area contributed by atoms with Crippen LogP contribution in [0.4, 0.5) is 5.82 Å². The normalized spacial score (nSPS) is 23.9. The maximum atomic E-state index is 9.21.